The van der Waals surface area contributed by atoms with Gasteiger partial charge in [-0.05, 0) is 36.6 Å². The summed E-state index contributed by atoms with van der Waals surface area (Å²) >= 11 is 0. The van der Waals surface area contributed by atoms with Gasteiger partial charge in [0.15, 0.2) is 5.82 Å². The van der Waals surface area contributed by atoms with Crippen LogP contribution in [0.3, 0.4) is 0 Å². The number of rotatable bonds is 3. The highest BCUT2D eigenvalue weighted by atomic mass is 16.5. The van der Waals surface area contributed by atoms with Crippen molar-refractivity contribution in [2.24, 2.45) is 0 Å². The molecule has 0 atom stereocenters. The minimum absolute atomic E-state index is 0.573. The predicted molar refractivity (Wildman–Crippen MR) is 78.8 cm³/mol. The predicted octanol–water partition coefficient (Wildman–Crippen LogP) is 2.02. The molecular weight excluding hydrogens is 252 g/mol. The van der Waals surface area contributed by atoms with E-state index in [1.807, 2.05) is 19.1 Å². The molecule has 0 unspecified atom stereocenters. The third-order valence-corrected chi connectivity index (χ3v) is 3.46. The topological polar surface area (TPSA) is 64.3 Å². The van der Waals surface area contributed by atoms with Crippen molar-refractivity contribution in [3.8, 4) is 5.88 Å². The number of nitrogens with two attached hydrogens (primary N) is 1. The van der Waals surface area contributed by atoms with Gasteiger partial charge in [-0.3, -0.25) is 4.98 Å². The third-order valence-electron chi connectivity index (χ3n) is 3.46. The van der Waals surface area contributed by atoms with E-state index in [1.165, 1.54) is 11.1 Å². The number of fused-ring (bicyclic) bond motifs is 1. The van der Waals surface area contributed by atoms with Gasteiger partial charge in [-0.25, -0.2) is 0 Å². The summed E-state index contributed by atoms with van der Waals surface area (Å²) in [5, 5.41) is 0. The van der Waals surface area contributed by atoms with Crippen LogP contribution in [-0.2, 0) is 13.0 Å². The maximum Gasteiger partial charge on any atom is 0.234 e. The van der Waals surface area contributed by atoms with Crippen molar-refractivity contribution in [2.75, 3.05) is 23.8 Å². The molecule has 0 fully saturated rings. The summed E-state index contributed by atoms with van der Waals surface area (Å²) in [6, 6.07) is 6.12. The van der Waals surface area contributed by atoms with Crippen LogP contribution in [0.4, 0.5) is 11.5 Å². The minimum atomic E-state index is 0.573. The first kappa shape index (κ1) is 12.7. The smallest absolute Gasteiger partial charge is 0.234 e. The first-order valence-electron chi connectivity index (χ1n) is 6.83. The first-order valence-corrected chi connectivity index (χ1v) is 6.83. The van der Waals surface area contributed by atoms with Crippen LogP contribution in [0, 0.1) is 0 Å². The van der Waals surface area contributed by atoms with E-state index in [-0.39, 0.29) is 0 Å². The molecule has 2 N–H and O–H groups in total. The van der Waals surface area contributed by atoms with Gasteiger partial charge in [-0.1, -0.05) is 6.07 Å². The van der Waals surface area contributed by atoms with E-state index in [0.29, 0.717) is 12.5 Å². The van der Waals surface area contributed by atoms with Crippen molar-refractivity contribution in [3.05, 3.63) is 41.7 Å². The Hall–Kier alpha value is -2.30. The number of nitrogen functional groups attached to an aromatic ring is 1. The van der Waals surface area contributed by atoms with E-state index < -0.39 is 0 Å². The molecule has 1 aromatic carbocycles. The molecule has 5 nitrogen and oxygen atoms in total. The quantitative estimate of drug-likeness (QED) is 0.864. The normalized spacial score (nSPS) is 13.9. The highest BCUT2D eigenvalue weighted by Gasteiger charge is 2.18. The van der Waals surface area contributed by atoms with Crippen LogP contribution < -0.4 is 15.4 Å². The van der Waals surface area contributed by atoms with Gasteiger partial charge in [0.05, 0.1) is 19.0 Å². The number of hydrogen-bond donors (Lipinski definition) is 1. The molecule has 2 heterocycles. The Kier molecular flexibility index (Phi) is 3.41. The van der Waals surface area contributed by atoms with Crippen LogP contribution >= 0.6 is 0 Å². The third kappa shape index (κ3) is 2.52. The lowest BCUT2D eigenvalue weighted by Crippen LogP contribution is -2.31. The van der Waals surface area contributed by atoms with Gasteiger partial charge >= 0.3 is 0 Å². The molecule has 5 heteroatoms. The Labute approximate surface area is 118 Å². The summed E-state index contributed by atoms with van der Waals surface area (Å²) in [6.07, 6.45) is 4.42. The highest BCUT2D eigenvalue weighted by molar-refractivity contribution is 5.49. The second-order valence-electron chi connectivity index (χ2n) is 4.85. The second-order valence-corrected chi connectivity index (χ2v) is 4.85. The Bertz CT molecular complexity index is 615. The molecule has 3 rings (SSSR count). The molecule has 0 bridgehead atoms. The maximum atomic E-state index is 5.86. The SMILES string of the molecule is CCOc1cncc(N2CCc3ccc(N)cc3C2)n1. The molecule has 1 aromatic heterocycles. The van der Waals surface area contributed by atoms with E-state index in [2.05, 4.69) is 20.9 Å². The van der Waals surface area contributed by atoms with Crippen LogP contribution in [0.1, 0.15) is 18.1 Å². The van der Waals surface area contributed by atoms with Gasteiger partial charge in [-0.15, -0.1) is 0 Å². The summed E-state index contributed by atoms with van der Waals surface area (Å²) in [5.74, 6) is 1.42. The van der Waals surface area contributed by atoms with Crippen LogP contribution in [0.2, 0.25) is 0 Å². The number of aromatic nitrogens is 2. The molecule has 1 aliphatic heterocycles. The second kappa shape index (κ2) is 5.36. The van der Waals surface area contributed by atoms with Gasteiger partial charge in [0.25, 0.3) is 0 Å². The van der Waals surface area contributed by atoms with Crippen molar-refractivity contribution in [3.63, 3.8) is 0 Å². The molecule has 0 saturated heterocycles. The van der Waals surface area contributed by atoms with Gasteiger partial charge in [0.2, 0.25) is 5.88 Å². The van der Waals surface area contributed by atoms with Gasteiger partial charge < -0.3 is 15.4 Å². The van der Waals surface area contributed by atoms with Crippen LogP contribution in [0.5, 0.6) is 5.88 Å². The molecule has 1 aliphatic rings. The zero-order valence-corrected chi connectivity index (χ0v) is 11.5. The van der Waals surface area contributed by atoms with Gasteiger partial charge in [0.1, 0.15) is 0 Å². The Morgan fingerprint density at radius 2 is 2.20 bits per heavy atom. The molecule has 0 radical (unpaired) electrons. The lowest BCUT2D eigenvalue weighted by atomic mass is 9.99. The monoisotopic (exact) mass is 270 g/mol. The zero-order chi connectivity index (χ0) is 13.9. The fourth-order valence-electron chi connectivity index (χ4n) is 2.48. The first-order chi connectivity index (χ1) is 9.76. The molecule has 0 amide bonds. The number of ether oxygens (including phenoxy) is 1. The van der Waals surface area contributed by atoms with Crippen molar-refractivity contribution in [1.82, 2.24) is 9.97 Å². The molecule has 0 saturated carbocycles. The fourth-order valence-corrected chi connectivity index (χ4v) is 2.48. The summed E-state index contributed by atoms with van der Waals surface area (Å²) in [6.45, 7) is 4.28. The highest BCUT2D eigenvalue weighted by Crippen LogP contribution is 2.25. The van der Waals surface area contributed by atoms with Gasteiger partial charge in [0, 0.05) is 18.8 Å². The molecular formula is C15H18N4O. The standard InChI is InChI=1S/C15H18N4O/c1-2-20-15-9-17-8-14(18-15)19-6-5-11-3-4-13(16)7-12(11)10-19/h3-4,7-9H,2,5-6,10,16H2,1H3. The number of anilines is 2. The van der Waals surface area contributed by atoms with E-state index in [1.54, 1.807) is 12.4 Å². The van der Waals surface area contributed by atoms with Crippen LogP contribution in [-0.4, -0.2) is 23.1 Å². The van der Waals surface area contributed by atoms with E-state index >= 15 is 0 Å². The number of benzene rings is 1. The van der Waals surface area contributed by atoms with Crippen molar-refractivity contribution >= 4 is 11.5 Å². The van der Waals surface area contributed by atoms with Crippen LogP contribution in [0.15, 0.2) is 30.6 Å². The average Bonchev–Trinajstić information content (AvgIpc) is 2.47. The van der Waals surface area contributed by atoms with Crippen molar-refractivity contribution in [2.45, 2.75) is 19.9 Å². The molecule has 0 aliphatic carbocycles. The molecule has 2 aromatic rings. The molecule has 104 valence electrons. The zero-order valence-electron chi connectivity index (χ0n) is 11.5. The summed E-state index contributed by atoms with van der Waals surface area (Å²) in [7, 11) is 0. The molecule has 0 spiro atoms. The fraction of sp³-hybridized carbons (Fsp3) is 0.333. The van der Waals surface area contributed by atoms with Crippen LogP contribution in [0.25, 0.3) is 0 Å². The Morgan fingerprint density at radius 1 is 1.30 bits per heavy atom. The summed E-state index contributed by atoms with van der Waals surface area (Å²) in [5.41, 5.74) is 9.30. The Morgan fingerprint density at radius 3 is 3.05 bits per heavy atom. The Balaban J connectivity index is 1.84. The largest absolute Gasteiger partial charge is 0.477 e. The van der Waals surface area contributed by atoms with E-state index in [4.69, 9.17) is 10.5 Å². The molecule has 20 heavy (non-hydrogen) atoms. The van der Waals surface area contributed by atoms with E-state index in [0.717, 1.165) is 31.0 Å². The lowest BCUT2D eigenvalue weighted by molar-refractivity contribution is 0.325. The average molecular weight is 270 g/mol. The summed E-state index contributed by atoms with van der Waals surface area (Å²) in [4.78, 5) is 10.9. The lowest BCUT2D eigenvalue weighted by Gasteiger charge is -2.29. The number of hydrogen-bond acceptors (Lipinski definition) is 5. The number of nitrogens with zero attached hydrogens (tertiary/aromatic N) is 3. The minimum Gasteiger partial charge on any atom is -0.477 e. The summed E-state index contributed by atoms with van der Waals surface area (Å²) < 4.78 is 5.41. The van der Waals surface area contributed by atoms with Crippen molar-refractivity contribution in [1.29, 1.82) is 0 Å². The van der Waals surface area contributed by atoms with Gasteiger partial charge in [-0.2, -0.15) is 4.98 Å². The van der Waals surface area contributed by atoms with Crippen molar-refractivity contribution < 1.29 is 4.74 Å². The van der Waals surface area contributed by atoms with E-state index in [9.17, 15) is 0 Å². The maximum absolute atomic E-state index is 5.86.